The lowest BCUT2D eigenvalue weighted by Crippen LogP contribution is -2.21. The van der Waals surface area contributed by atoms with Crippen LogP contribution in [0.3, 0.4) is 0 Å². The Kier molecular flexibility index (Phi) is 4.39. The molecule has 6 heteroatoms. The van der Waals surface area contributed by atoms with Crippen LogP contribution in [0.1, 0.15) is 13.8 Å². The van der Waals surface area contributed by atoms with E-state index in [0.717, 1.165) is 11.8 Å². The highest BCUT2D eigenvalue weighted by atomic mass is 32.2. The number of nitro groups is 1. The SMILES string of the molecule is CC(=O)C(Sc1cccc([N+](=O)[O-])c1)C(C)=O. The molecule has 0 aliphatic heterocycles. The summed E-state index contributed by atoms with van der Waals surface area (Å²) in [7, 11) is 0. The smallest absolute Gasteiger partial charge is 0.270 e. The van der Waals surface area contributed by atoms with Gasteiger partial charge in [-0.15, -0.1) is 11.8 Å². The van der Waals surface area contributed by atoms with Crippen molar-refractivity contribution in [2.24, 2.45) is 0 Å². The van der Waals surface area contributed by atoms with Gasteiger partial charge in [-0.2, -0.15) is 0 Å². The van der Waals surface area contributed by atoms with Crippen molar-refractivity contribution < 1.29 is 14.5 Å². The molecule has 0 aliphatic rings. The zero-order valence-corrected chi connectivity index (χ0v) is 10.2. The number of nitro benzene ring substituents is 1. The molecule has 0 aliphatic carbocycles. The third-order valence-corrected chi connectivity index (χ3v) is 3.45. The number of benzene rings is 1. The van der Waals surface area contributed by atoms with Gasteiger partial charge in [-0.1, -0.05) is 6.07 Å². The molecule has 0 aromatic heterocycles. The van der Waals surface area contributed by atoms with Crippen molar-refractivity contribution in [2.45, 2.75) is 24.0 Å². The van der Waals surface area contributed by atoms with Crippen LogP contribution >= 0.6 is 11.8 Å². The van der Waals surface area contributed by atoms with Gasteiger partial charge in [0.2, 0.25) is 0 Å². The number of nitrogens with zero attached hydrogens (tertiary/aromatic N) is 1. The summed E-state index contributed by atoms with van der Waals surface area (Å²) < 4.78 is 0. The van der Waals surface area contributed by atoms with E-state index in [-0.39, 0.29) is 17.3 Å². The van der Waals surface area contributed by atoms with Crippen molar-refractivity contribution in [3.8, 4) is 0 Å². The lowest BCUT2D eigenvalue weighted by molar-refractivity contribution is -0.385. The van der Waals surface area contributed by atoms with Crippen molar-refractivity contribution in [2.75, 3.05) is 0 Å². The molecule has 0 atom stereocenters. The molecule has 0 amide bonds. The molecular weight excluding hydrogens is 242 g/mol. The predicted molar refractivity (Wildman–Crippen MR) is 64.1 cm³/mol. The van der Waals surface area contributed by atoms with Gasteiger partial charge in [0, 0.05) is 17.0 Å². The van der Waals surface area contributed by atoms with Crippen LogP contribution in [0.4, 0.5) is 5.69 Å². The van der Waals surface area contributed by atoms with Gasteiger partial charge >= 0.3 is 0 Å². The molecule has 0 N–H and O–H groups in total. The zero-order valence-electron chi connectivity index (χ0n) is 9.38. The average Bonchev–Trinajstić information content (AvgIpc) is 2.25. The van der Waals surface area contributed by atoms with Crippen LogP contribution in [0.15, 0.2) is 29.2 Å². The number of Topliss-reactive ketones (excluding diaryl/α,β-unsaturated/α-hetero) is 2. The van der Waals surface area contributed by atoms with Crippen LogP contribution in [-0.2, 0) is 9.59 Å². The highest BCUT2D eigenvalue weighted by Gasteiger charge is 2.21. The van der Waals surface area contributed by atoms with E-state index in [1.807, 2.05) is 0 Å². The van der Waals surface area contributed by atoms with Crippen molar-refractivity contribution in [3.63, 3.8) is 0 Å². The summed E-state index contributed by atoms with van der Waals surface area (Å²) >= 11 is 1.03. The number of hydrogen-bond acceptors (Lipinski definition) is 5. The first-order chi connectivity index (χ1) is 7.91. The molecule has 0 saturated carbocycles. The van der Waals surface area contributed by atoms with Crippen LogP contribution in [0.25, 0.3) is 0 Å². The Hall–Kier alpha value is -1.69. The van der Waals surface area contributed by atoms with Crippen LogP contribution in [0.5, 0.6) is 0 Å². The fraction of sp³-hybridized carbons (Fsp3) is 0.273. The van der Waals surface area contributed by atoms with Crippen LogP contribution < -0.4 is 0 Å². The molecule has 0 saturated heterocycles. The number of hydrogen-bond donors (Lipinski definition) is 0. The van der Waals surface area contributed by atoms with E-state index in [1.165, 1.54) is 32.0 Å². The highest BCUT2D eigenvalue weighted by Crippen LogP contribution is 2.27. The third kappa shape index (κ3) is 3.67. The van der Waals surface area contributed by atoms with Crippen molar-refractivity contribution in [1.82, 2.24) is 0 Å². The lowest BCUT2D eigenvalue weighted by atomic mass is 10.2. The Labute approximate surface area is 102 Å². The minimum Gasteiger partial charge on any atom is -0.298 e. The number of carbonyl (C=O) groups excluding carboxylic acids is 2. The Morgan fingerprint density at radius 2 is 1.88 bits per heavy atom. The molecule has 1 aromatic rings. The predicted octanol–water partition coefficient (Wildman–Crippen LogP) is 2.23. The number of thioether (sulfide) groups is 1. The van der Waals surface area contributed by atoms with Gasteiger partial charge in [-0.3, -0.25) is 19.7 Å². The van der Waals surface area contributed by atoms with Gasteiger partial charge in [-0.05, 0) is 19.9 Å². The lowest BCUT2D eigenvalue weighted by Gasteiger charge is -2.09. The second kappa shape index (κ2) is 5.58. The van der Waals surface area contributed by atoms with Crippen molar-refractivity contribution >= 4 is 29.0 Å². The first-order valence-electron chi connectivity index (χ1n) is 4.84. The molecule has 0 bridgehead atoms. The second-order valence-electron chi connectivity index (χ2n) is 3.47. The monoisotopic (exact) mass is 253 g/mol. The summed E-state index contributed by atoms with van der Waals surface area (Å²) in [6.07, 6.45) is 0. The molecule has 0 heterocycles. The summed E-state index contributed by atoms with van der Waals surface area (Å²) in [6.45, 7) is 2.66. The van der Waals surface area contributed by atoms with Crippen molar-refractivity contribution in [1.29, 1.82) is 0 Å². The van der Waals surface area contributed by atoms with Gasteiger partial charge < -0.3 is 0 Å². The number of carbonyl (C=O) groups is 2. The average molecular weight is 253 g/mol. The largest absolute Gasteiger partial charge is 0.298 e. The Morgan fingerprint density at radius 3 is 2.35 bits per heavy atom. The number of ketones is 2. The van der Waals surface area contributed by atoms with Crippen LogP contribution in [-0.4, -0.2) is 21.7 Å². The Balaban J connectivity index is 2.94. The van der Waals surface area contributed by atoms with E-state index in [1.54, 1.807) is 6.07 Å². The molecule has 1 rings (SSSR count). The molecular formula is C11H11NO4S. The van der Waals surface area contributed by atoms with E-state index in [0.29, 0.717) is 4.90 Å². The maximum absolute atomic E-state index is 11.2. The van der Waals surface area contributed by atoms with Gasteiger partial charge in [-0.25, -0.2) is 0 Å². The van der Waals surface area contributed by atoms with E-state index in [2.05, 4.69) is 0 Å². The number of non-ortho nitro benzene ring substituents is 1. The summed E-state index contributed by atoms with van der Waals surface area (Å²) in [6, 6.07) is 5.87. The summed E-state index contributed by atoms with van der Waals surface area (Å²) in [5, 5.41) is 9.77. The summed E-state index contributed by atoms with van der Waals surface area (Å²) in [5.41, 5.74) is -0.0548. The van der Waals surface area contributed by atoms with E-state index in [4.69, 9.17) is 0 Å². The third-order valence-electron chi connectivity index (χ3n) is 2.02. The molecule has 0 radical (unpaired) electrons. The fourth-order valence-electron chi connectivity index (χ4n) is 1.26. The van der Waals surface area contributed by atoms with Crippen LogP contribution in [0, 0.1) is 10.1 Å². The first-order valence-corrected chi connectivity index (χ1v) is 5.72. The quantitative estimate of drug-likeness (QED) is 0.348. The maximum Gasteiger partial charge on any atom is 0.270 e. The molecule has 5 nitrogen and oxygen atoms in total. The van der Waals surface area contributed by atoms with Crippen LogP contribution in [0.2, 0.25) is 0 Å². The minimum atomic E-state index is -0.794. The highest BCUT2D eigenvalue weighted by molar-refractivity contribution is 8.01. The molecule has 17 heavy (non-hydrogen) atoms. The second-order valence-corrected chi connectivity index (χ2v) is 4.65. The fourth-order valence-corrected chi connectivity index (χ4v) is 2.21. The van der Waals surface area contributed by atoms with E-state index >= 15 is 0 Å². The minimum absolute atomic E-state index is 0.0548. The zero-order chi connectivity index (χ0) is 13.0. The van der Waals surface area contributed by atoms with Gasteiger partial charge in [0.15, 0.2) is 11.6 Å². The molecule has 1 aromatic carbocycles. The Bertz CT molecular complexity index is 458. The first kappa shape index (κ1) is 13.4. The molecule has 0 fully saturated rings. The topological polar surface area (TPSA) is 77.3 Å². The molecule has 0 spiro atoms. The van der Waals surface area contributed by atoms with Gasteiger partial charge in [0.25, 0.3) is 5.69 Å². The molecule has 0 unspecified atom stereocenters. The van der Waals surface area contributed by atoms with E-state index in [9.17, 15) is 19.7 Å². The van der Waals surface area contributed by atoms with Gasteiger partial charge in [0.1, 0.15) is 5.25 Å². The Morgan fingerprint density at radius 1 is 1.29 bits per heavy atom. The summed E-state index contributed by atoms with van der Waals surface area (Å²) in [5.74, 6) is -0.511. The summed E-state index contributed by atoms with van der Waals surface area (Å²) in [4.78, 5) is 33.1. The normalized spacial score (nSPS) is 10.3. The van der Waals surface area contributed by atoms with Crippen molar-refractivity contribution in [3.05, 3.63) is 34.4 Å². The number of rotatable bonds is 5. The van der Waals surface area contributed by atoms with E-state index < -0.39 is 10.2 Å². The standard InChI is InChI=1S/C11H11NO4S/c1-7(13)11(8(2)14)17-10-5-3-4-9(6-10)12(15)16/h3-6,11H,1-2H3. The molecule has 90 valence electrons. The maximum atomic E-state index is 11.2. The van der Waals surface area contributed by atoms with Gasteiger partial charge in [0.05, 0.1) is 4.92 Å².